The number of nitrogens with zero attached hydrogens (tertiary/aromatic N) is 1. The lowest BCUT2D eigenvalue weighted by atomic mass is 9.85. The van der Waals surface area contributed by atoms with Crippen LogP contribution in [0.2, 0.25) is 0 Å². The van der Waals surface area contributed by atoms with Crippen molar-refractivity contribution >= 4 is 33.0 Å². The molecule has 200 valence electrons. The number of benzene rings is 5. The second kappa shape index (κ2) is 11.1. The zero-order valence-corrected chi connectivity index (χ0v) is 22.4. The van der Waals surface area contributed by atoms with E-state index in [1.165, 1.54) is 18.3 Å². The Balaban J connectivity index is 1.50. The van der Waals surface area contributed by atoms with Gasteiger partial charge in [0.2, 0.25) is 0 Å². The van der Waals surface area contributed by atoms with Gasteiger partial charge in [0.05, 0.1) is 6.21 Å². The lowest BCUT2D eigenvalue weighted by Gasteiger charge is -2.27. The number of nitrogens with one attached hydrogen (secondary N) is 1. The highest BCUT2D eigenvalue weighted by Gasteiger charge is 2.39. The summed E-state index contributed by atoms with van der Waals surface area (Å²) in [6, 6.07) is 34.1. The van der Waals surface area contributed by atoms with Crippen molar-refractivity contribution in [1.82, 2.24) is 5.43 Å². The van der Waals surface area contributed by atoms with Gasteiger partial charge in [-0.15, -0.1) is 0 Å². The summed E-state index contributed by atoms with van der Waals surface area (Å²) in [5, 5.41) is 17.3. The van der Waals surface area contributed by atoms with Gasteiger partial charge < -0.3 is 9.29 Å². The summed E-state index contributed by atoms with van der Waals surface area (Å²) in [5.41, 5.74) is 2.41. The molecule has 2 N–H and O–H groups in total. The minimum absolute atomic E-state index is 0.0123. The van der Waals surface area contributed by atoms with Gasteiger partial charge in [-0.2, -0.15) is 13.5 Å². The van der Waals surface area contributed by atoms with Crippen LogP contribution in [-0.2, 0) is 20.5 Å². The molecular formula is C32H26N2O5S. The van der Waals surface area contributed by atoms with Gasteiger partial charge in [-0.1, -0.05) is 109 Å². The first-order valence-corrected chi connectivity index (χ1v) is 13.9. The highest BCUT2D eigenvalue weighted by Crippen LogP contribution is 2.31. The van der Waals surface area contributed by atoms with Crippen LogP contribution < -0.4 is 9.61 Å². The summed E-state index contributed by atoms with van der Waals surface area (Å²) in [4.78, 5) is 13.5. The summed E-state index contributed by atoms with van der Waals surface area (Å²) < 4.78 is 31.7. The minimum atomic E-state index is -4.15. The van der Waals surface area contributed by atoms with Crippen molar-refractivity contribution in [3.05, 3.63) is 144 Å². The summed E-state index contributed by atoms with van der Waals surface area (Å²) >= 11 is 0. The molecule has 0 aliphatic carbocycles. The fourth-order valence-electron chi connectivity index (χ4n) is 4.38. The van der Waals surface area contributed by atoms with Crippen LogP contribution >= 0.6 is 0 Å². The van der Waals surface area contributed by atoms with E-state index in [-0.39, 0.29) is 10.6 Å². The van der Waals surface area contributed by atoms with E-state index in [1.807, 2.05) is 19.1 Å². The predicted octanol–water partition coefficient (Wildman–Crippen LogP) is 5.30. The number of aliphatic hydroxyl groups is 1. The van der Waals surface area contributed by atoms with Gasteiger partial charge in [0.1, 0.15) is 4.90 Å². The number of carbonyl (C=O) groups is 1. The lowest BCUT2D eigenvalue weighted by molar-refractivity contribution is -0.136. The molecule has 40 heavy (non-hydrogen) atoms. The Morgan fingerprint density at radius 2 is 1.38 bits per heavy atom. The van der Waals surface area contributed by atoms with E-state index in [0.717, 1.165) is 10.9 Å². The maximum atomic E-state index is 13.4. The van der Waals surface area contributed by atoms with Crippen LogP contribution in [0.1, 0.15) is 22.3 Å². The standard InChI is InChI=1S/C32H26N2O5S/c1-23-16-19-27(20-17-23)40(37,38)39-30-21-18-24-10-8-9-15-28(24)29(30)22-33-34-31(35)32(36,25-11-4-2-5-12-25)26-13-6-3-7-14-26/h2-22,36H,1H3,(H,34,35). The predicted molar refractivity (Wildman–Crippen MR) is 155 cm³/mol. The van der Waals surface area contributed by atoms with Crippen LogP contribution in [0.5, 0.6) is 5.75 Å². The molecule has 7 nitrogen and oxygen atoms in total. The number of amides is 1. The van der Waals surface area contributed by atoms with Crippen LogP contribution in [0.15, 0.2) is 131 Å². The molecule has 8 heteroatoms. The van der Waals surface area contributed by atoms with E-state index in [0.29, 0.717) is 22.1 Å². The van der Waals surface area contributed by atoms with Crippen LogP contribution in [0, 0.1) is 6.92 Å². The Hall–Kier alpha value is -4.79. The minimum Gasteiger partial charge on any atom is -0.378 e. The third-order valence-corrected chi connectivity index (χ3v) is 7.76. The first-order valence-electron chi connectivity index (χ1n) is 12.5. The SMILES string of the molecule is Cc1ccc(S(=O)(=O)Oc2ccc3ccccc3c2C=NNC(=O)C(O)(c2ccccc2)c2ccccc2)cc1. The summed E-state index contributed by atoms with van der Waals surface area (Å²) in [7, 11) is -4.15. The van der Waals surface area contributed by atoms with E-state index in [1.54, 1.807) is 97.1 Å². The number of hydrazone groups is 1. The first kappa shape index (κ1) is 26.8. The van der Waals surface area contributed by atoms with Crippen LogP contribution in [0.4, 0.5) is 0 Å². The van der Waals surface area contributed by atoms with Crippen LogP contribution in [0.3, 0.4) is 0 Å². The van der Waals surface area contributed by atoms with Gasteiger partial charge >= 0.3 is 10.1 Å². The molecule has 5 rings (SSSR count). The number of hydrogen-bond donors (Lipinski definition) is 2. The Morgan fingerprint density at radius 1 is 0.800 bits per heavy atom. The highest BCUT2D eigenvalue weighted by atomic mass is 32.2. The fourth-order valence-corrected chi connectivity index (χ4v) is 5.32. The smallest absolute Gasteiger partial charge is 0.339 e. The van der Waals surface area contributed by atoms with E-state index < -0.39 is 21.6 Å². The van der Waals surface area contributed by atoms with Crippen LogP contribution in [-0.4, -0.2) is 25.6 Å². The second-order valence-corrected chi connectivity index (χ2v) is 10.7. The van der Waals surface area contributed by atoms with Crippen molar-refractivity contribution < 1.29 is 22.5 Å². The number of aryl methyl sites for hydroxylation is 1. The molecule has 5 aromatic carbocycles. The number of carbonyl (C=O) groups excluding carboxylic acids is 1. The van der Waals surface area contributed by atoms with Crippen molar-refractivity contribution in [3.63, 3.8) is 0 Å². The Morgan fingerprint density at radius 3 is 2.00 bits per heavy atom. The average molecular weight is 551 g/mol. The van der Waals surface area contributed by atoms with Gasteiger partial charge in [0.25, 0.3) is 5.91 Å². The van der Waals surface area contributed by atoms with E-state index >= 15 is 0 Å². The molecule has 0 aliphatic rings. The molecule has 0 saturated carbocycles. The van der Waals surface area contributed by atoms with Crippen molar-refractivity contribution in [2.75, 3.05) is 0 Å². The fraction of sp³-hybridized carbons (Fsp3) is 0.0625. The maximum Gasteiger partial charge on any atom is 0.339 e. The maximum absolute atomic E-state index is 13.4. The van der Waals surface area contributed by atoms with E-state index in [4.69, 9.17) is 4.18 Å². The van der Waals surface area contributed by atoms with Crippen LogP contribution in [0.25, 0.3) is 10.8 Å². The molecule has 0 fully saturated rings. The largest absolute Gasteiger partial charge is 0.378 e. The molecule has 0 heterocycles. The molecule has 0 spiro atoms. The molecule has 0 atom stereocenters. The van der Waals surface area contributed by atoms with Gasteiger partial charge in [0.15, 0.2) is 11.4 Å². The molecule has 1 amide bonds. The Labute approximate surface area is 232 Å². The molecule has 0 bridgehead atoms. The number of fused-ring (bicyclic) bond motifs is 1. The number of rotatable bonds is 8. The van der Waals surface area contributed by atoms with E-state index in [2.05, 4.69) is 10.5 Å². The summed E-state index contributed by atoms with van der Waals surface area (Å²) in [6.45, 7) is 1.86. The molecule has 0 unspecified atom stereocenters. The zero-order valence-electron chi connectivity index (χ0n) is 21.6. The Kier molecular flexibility index (Phi) is 7.46. The topological polar surface area (TPSA) is 105 Å². The van der Waals surface area contributed by atoms with Gasteiger partial charge in [0, 0.05) is 5.56 Å². The van der Waals surface area contributed by atoms with Gasteiger partial charge in [-0.05, 0) is 47.0 Å². The average Bonchev–Trinajstić information content (AvgIpc) is 2.98. The first-order chi connectivity index (χ1) is 19.3. The molecule has 0 radical (unpaired) electrons. The van der Waals surface area contributed by atoms with Gasteiger partial charge in [-0.3, -0.25) is 4.79 Å². The molecule has 5 aromatic rings. The highest BCUT2D eigenvalue weighted by molar-refractivity contribution is 7.87. The normalized spacial score (nSPS) is 11.9. The summed E-state index contributed by atoms with van der Waals surface area (Å²) in [6.07, 6.45) is 1.32. The van der Waals surface area contributed by atoms with Crippen molar-refractivity contribution in [2.24, 2.45) is 5.10 Å². The second-order valence-electron chi connectivity index (χ2n) is 9.19. The Bertz CT molecular complexity index is 1750. The van der Waals surface area contributed by atoms with E-state index in [9.17, 15) is 18.3 Å². The van der Waals surface area contributed by atoms with Gasteiger partial charge in [-0.25, -0.2) is 5.43 Å². The van der Waals surface area contributed by atoms with Crippen molar-refractivity contribution in [1.29, 1.82) is 0 Å². The molecule has 0 aromatic heterocycles. The monoisotopic (exact) mass is 550 g/mol. The third kappa shape index (κ3) is 5.36. The molecule has 0 aliphatic heterocycles. The zero-order chi connectivity index (χ0) is 28.2. The molecular weight excluding hydrogens is 524 g/mol. The summed E-state index contributed by atoms with van der Waals surface area (Å²) in [5.74, 6) is -0.741. The lowest BCUT2D eigenvalue weighted by Crippen LogP contribution is -2.43. The van der Waals surface area contributed by atoms with Crippen molar-refractivity contribution in [2.45, 2.75) is 17.4 Å². The number of hydrogen-bond acceptors (Lipinski definition) is 6. The molecule has 0 saturated heterocycles. The quantitative estimate of drug-likeness (QED) is 0.155. The third-order valence-electron chi connectivity index (χ3n) is 6.51. The van der Waals surface area contributed by atoms with Crippen molar-refractivity contribution in [3.8, 4) is 5.75 Å².